The van der Waals surface area contributed by atoms with Crippen LogP contribution in [0.15, 0.2) is 4.52 Å². The van der Waals surface area contributed by atoms with E-state index in [4.69, 9.17) is 16.0 Å². The average molecular weight is 241 g/mol. The maximum atomic E-state index is 11.4. The summed E-state index contributed by atoms with van der Waals surface area (Å²) in [5.41, 5.74) is 10.4. The third-order valence-electron chi connectivity index (χ3n) is 1.98. The number of amides is 2. The second-order valence-corrected chi connectivity index (χ2v) is 3.55. The summed E-state index contributed by atoms with van der Waals surface area (Å²) in [6.45, 7) is 2.00. The molecular weight excluding hydrogens is 226 g/mol. The molecule has 94 valence electrons. The van der Waals surface area contributed by atoms with E-state index >= 15 is 0 Å². The van der Waals surface area contributed by atoms with E-state index in [1.165, 1.54) is 0 Å². The predicted molar refractivity (Wildman–Crippen MR) is 57.5 cm³/mol. The van der Waals surface area contributed by atoms with Gasteiger partial charge in [0.1, 0.15) is 0 Å². The Hall–Kier alpha value is -1.96. The van der Waals surface area contributed by atoms with Crippen molar-refractivity contribution in [1.29, 1.82) is 0 Å². The highest BCUT2D eigenvalue weighted by atomic mass is 16.5. The quantitative estimate of drug-likeness (QED) is 0.539. The van der Waals surface area contributed by atoms with Gasteiger partial charge in [0.25, 0.3) is 0 Å². The van der Waals surface area contributed by atoms with Crippen LogP contribution in [-0.4, -0.2) is 34.5 Å². The third-order valence-corrected chi connectivity index (χ3v) is 1.98. The minimum absolute atomic E-state index is 0.173. The zero-order valence-corrected chi connectivity index (χ0v) is 9.47. The molecule has 0 aromatic carbocycles. The zero-order chi connectivity index (χ0) is 12.8. The molecule has 8 heteroatoms. The van der Waals surface area contributed by atoms with Crippen LogP contribution in [0.1, 0.15) is 18.1 Å². The van der Waals surface area contributed by atoms with Crippen LogP contribution in [0.2, 0.25) is 0 Å². The summed E-state index contributed by atoms with van der Waals surface area (Å²) in [6.07, 6.45) is 0.263. The molecule has 0 fully saturated rings. The van der Waals surface area contributed by atoms with Gasteiger partial charge in [-0.05, 0) is 0 Å². The first-order valence-electron chi connectivity index (χ1n) is 5.10. The molecule has 1 heterocycles. The van der Waals surface area contributed by atoms with E-state index in [0.717, 1.165) is 0 Å². The van der Waals surface area contributed by atoms with Gasteiger partial charge in [0.15, 0.2) is 5.82 Å². The fourth-order valence-corrected chi connectivity index (χ4v) is 1.18. The monoisotopic (exact) mass is 241 g/mol. The van der Waals surface area contributed by atoms with E-state index in [1.54, 1.807) is 6.92 Å². The first-order chi connectivity index (χ1) is 7.99. The number of hydrogen-bond acceptors (Lipinski definition) is 6. The largest absolute Gasteiger partial charge is 0.370 e. The standard InChI is InChI=1S/C9H15N5O3/c1-5-13-8(14-17-5)2-3-12-9(16)6(10)4-7(11)15/h6H,2-4,10H2,1H3,(H2,11,15)(H,12,16). The number of aromatic nitrogens is 2. The number of carbonyl (C=O) groups is 2. The van der Waals surface area contributed by atoms with Crippen LogP contribution in [-0.2, 0) is 16.0 Å². The highest BCUT2D eigenvalue weighted by molar-refractivity contribution is 5.87. The van der Waals surface area contributed by atoms with Crippen LogP contribution in [0, 0.1) is 6.92 Å². The topological polar surface area (TPSA) is 137 Å². The van der Waals surface area contributed by atoms with E-state index in [0.29, 0.717) is 24.7 Å². The lowest BCUT2D eigenvalue weighted by Crippen LogP contribution is -2.43. The number of nitrogens with two attached hydrogens (primary N) is 2. The van der Waals surface area contributed by atoms with Crippen molar-refractivity contribution in [3.05, 3.63) is 11.7 Å². The lowest BCUT2D eigenvalue weighted by Gasteiger charge is -2.09. The van der Waals surface area contributed by atoms with Gasteiger partial charge in [0, 0.05) is 19.9 Å². The number of rotatable bonds is 6. The second kappa shape index (κ2) is 5.94. The normalized spacial score (nSPS) is 12.1. The van der Waals surface area contributed by atoms with Crippen molar-refractivity contribution in [2.45, 2.75) is 25.8 Å². The molecule has 1 unspecified atom stereocenters. The van der Waals surface area contributed by atoms with Gasteiger partial charge in [-0.1, -0.05) is 5.16 Å². The van der Waals surface area contributed by atoms with E-state index in [9.17, 15) is 9.59 Å². The Morgan fingerprint density at radius 3 is 2.76 bits per heavy atom. The van der Waals surface area contributed by atoms with Gasteiger partial charge in [0.05, 0.1) is 12.5 Å². The summed E-state index contributed by atoms with van der Waals surface area (Å²) < 4.78 is 4.76. The van der Waals surface area contributed by atoms with Gasteiger partial charge in [-0.25, -0.2) is 0 Å². The molecule has 5 N–H and O–H groups in total. The van der Waals surface area contributed by atoms with E-state index in [-0.39, 0.29) is 6.42 Å². The van der Waals surface area contributed by atoms with Crippen LogP contribution in [0.5, 0.6) is 0 Å². The summed E-state index contributed by atoms with van der Waals surface area (Å²) in [4.78, 5) is 25.9. The molecule has 1 rings (SSSR count). The fraction of sp³-hybridized carbons (Fsp3) is 0.556. The Labute approximate surface area is 97.7 Å². The molecule has 0 saturated carbocycles. The molecule has 0 spiro atoms. The van der Waals surface area contributed by atoms with Gasteiger partial charge >= 0.3 is 0 Å². The maximum absolute atomic E-state index is 11.4. The highest BCUT2D eigenvalue weighted by Gasteiger charge is 2.15. The van der Waals surface area contributed by atoms with Crippen molar-refractivity contribution in [3.8, 4) is 0 Å². The minimum atomic E-state index is -0.917. The zero-order valence-electron chi connectivity index (χ0n) is 9.47. The summed E-state index contributed by atoms with van der Waals surface area (Å²) >= 11 is 0. The maximum Gasteiger partial charge on any atom is 0.237 e. The van der Waals surface area contributed by atoms with Gasteiger partial charge in [-0.15, -0.1) is 0 Å². The fourth-order valence-electron chi connectivity index (χ4n) is 1.18. The van der Waals surface area contributed by atoms with E-state index < -0.39 is 17.9 Å². The Kier molecular flexibility index (Phi) is 4.58. The molecule has 0 radical (unpaired) electrons. The number of aryl methyl sites for hydroxylation is 1. The number of nitrogens with one attached hydrogen (secondary N) is 1. The Balaban J connectivity index is 2.26. The summed E-state index contributed by atoms with van der Waals surface area (Å²) in [6, 6.07) is -0.917. The number of primary amides is 1. The molecule has 1 atom stereocenters. The molecule has 0 aliphatic carbocycles. The van der Waals surface area contributed by atoms with Crippen molar-refractivity contribution < 1.29 is 14.1 Å². The molecule has 0 saturated heterocycles. The van der Waals surface area contributed by atoms with E-state index in [2.05, 4.69) is 15.5 Å². The van der Waals surface area contributed by atoms with Crippen molar-refractivity contribution in [2.24, 2.45) is 11.5 Å². The Morgan fingerprint density at radius 1 is 1.53 bits per heavy atom. The Morgan fingerprint density at radius 2 is 2.24 bits per heavy atom. The first-order valence-corrected chi connectivity index (χ1v) is 5.10. The molecule has 17 heavy (non-hydrogen) atoms. The lowest BCUT2D eigenvalue weighted by molar-refractivity contribution is -0.126. The Bertz CT molecular complexity index is 403. The van der Waals surface area contributed by atoms with Crippen LogP contribution >= 0.6 is 0 Å². The highest BCUT2D eigenvalue weighted by Crippen LogP contribution is 1.95. The van der Waals surface area contributed by atoms with Crippen molar-refractivity contribution in [1.82, 2.24) is 15.5 Å². The van der Waals surface area contributed by atoms with Crippen molar-refractivity contribution >= 4 is 11.8 Å². The van der Waals surface area contributed by atoms with E-state index in [1.807, 2.05) is 0 Å². The molecule has 0 bridgehead atoms. The smallest absolute Gasteiger partial charge is 0.237 e. The molecule has 1 aromatic rings. The first kappa shape index (κ1) is 13.1. The summed E-state index contributed by atoms with van der Waals surface area (Å²) in [5.74, 6) is -0.0616. The number of nitrogens with zero attached hydrogens (tertiary/aromatic N) is 2. The van der Waals surface area contributed by atoms with Gasteiger partial charge < -0.3 is 21.3 Å². The molecular formula is C9H15N5O3. The van der Waals surface area contributed by atoms with Crippen LogP contribution < -0.4 is 16.8 Å². The van der Waals surface area contributed by atoms with Gasteiger partial charge in [-0.2, -0.15) is 4.98 Å². The molecule has 8 nitrogen and oxygen atoms in total. The summed E-state index contributed by atoms with van der Waals surface area (Å²) in [5, 5.41) is 6.22. The van der Waals surface area contributed by atoms with Crippen molar-refractivity contribution in [3.63, 3.8) is 0 Å². The second-order valence-electron chi connectivity index (χ2n) is 3.55. The summed E-state index contributed by atoms with van der Waals surface area (Å²) in [7, 11) is 0. The lowest BCUT2D eigenvalue weighted by atomic mass is 10.2. The average Bonchev–Trinajstić information content (AvgIpc) is 2.63. The molecule has 0 aliphatic rings. The van der Waals surface area contributed by atoms with Crippen LogP contribution in [0.3, 0.4) is 0 Å². The number of hydrogen-bond donors (Lipinski definition) is 3. The predicted octanol–water partition coefficient (Wildman–Crippen LogP) is -1.76. The SMILES string of the molecule is Cc1nc(CCNC(=O)C(N)CC(N)=O)no1. The van der Waals surface area contributed by atoms with Gasteiger partial charge in [-0.3, -0.25) is 9.59 Å². The third kappa shape index (κ3) is 4.60. The van der Waals surface area contributed by atoms with Crippen molar-refractivity contribution in [2.75, 3.05) is 6.54 Å². The molecule has 0 aliphatic heterocycles. The minimum Gasteiger partial charge on any atom is -0.370 e. The molecule has 1 aromatic heterocycles. The van der Waals surface area contributed by atoms with Crippen LogP contribution in [0.4, 0.5) is 0 Å². The van der Waals surface area contributed by atoms with Gasteiger partial charge in [0.2, 0.25) is 17.7 Å². The molecule has 2 amide bonds. The van der Waals surface area contributed by atoms with Crippen LogP contribution in [0.25, 0.3) is 0 Å². The number of carbonyl (C=O) groups excluding carboxylic acids is 2.